The molecular formula is C9H23NOSi2. The van der Waals surface area contributed by atoms with Crippen molar-refractivity contribution in [1.82, 2.24) is 4.23 Å². The van der Waals surface area contributed by atoms with Crippen LogP contribution in [0.4, 0.5) is 0 Å². The fraction of sp³-hybridized carbons (Fsp3) is 1.00. The highest BCUT2D eigenvalue weighted by molar-refractivity contribution is 6.79. The van der Waals surface area contributed by atoms with Crippen molar-refractivity contribution in [2.75, 3.05) is 12.8 Å². The first-order valence-electron chi connectivity index (χ1n) is 5.00. The van der Waals surface area contributed by atoms with Crippen LogP contribution < -0.4 is 0 Å². The molecule has 0 bridgehead atoms. The van der Waals surface area contributed by atoms with Crippen molar-refractivity contribution in [3.05, 3.63) is 0 Å². The molecule has 0 aromatic rings. The highest BCUT2D eigenvalue weighted by Crippen LogP contribution is 2.11. The number of hydrogen-bond acceptors (Lipinski definition) is 2. The maximum Gasteiger partial charge on any atom is 0.166 e. The van der Waals surface area contributed by atoms with Gasteiger partial charge in [-0.05, 0) is 13.0 Å². The van der Waals surface area contributed by atoms with Gasteiger partial charge in [-0.3, -0.25) is 0 Å². The standard InChI is InChI=1S/C9H23NOSi2/c1-7-11-8-12-10(9(2)3)13(4,5)6/h9H,7-8H2,1-6H3. The minimum atomic E-state index is -1.13. The van der Waals surface area contributed by atoms with Crippen molar-refractivity contribution in [1.29, 1.82) is 0 Å². The largest absolute Gasteiger partial charge is 0.384 e. The maximum atomic E-state index is 5.40. The second-order valence-electron chi connectivity index (χ2n) is 4.43. The Hall–Kier alpha value is 0.354. The van der Waals surface area contributed by atoms with E-state index in [4.69, 9.17) is 4.74 Å². The van der Waals surface area contributed by atoms with E-state index in [1.165, 1.54) is 0 Å². The molecule has 78 valence electrons. The van der Waals surface area contributed by atoms with Crippen LogP contribution in [0.1, 0.15) is 20.8 Å². The van der Waals surface area contributed by atoms with Crippen LogP contribution in [0.3, 0.4) is 0 Å². The third kappa shape index (κ3) is 5.62. The molecule has 0 N–H and O–H groups in total. The molecule has 0 saturated heterocycles. The van der Waals surface area contributed by atoms with Gasteiger partial charge in [0.2, 0.25) is 0 Å². The lowest BCUT2D eigenvalue weighted by atomic mass is 10.4. The van der Waals surface area contributed by atoms with Gasteiger partial charge in [-0.2, -0.15) is 0 Å². The number of hydrogen-bond donors (Lipinski definition) is 0. The molecule has 0 fully saturated rings. The quantitative estimate of drug-likeness (QED) is 0.499. The topological polar surface area (TPSA) is 12.5 Å². The van der Waals surface area contributed by atoms with Crippen molar-refractivity contribution < 1.29 is 4.74 Å². The van der Waals surface area contributed by atoms with Crippen molar-refractivity contribution in [2.45, 2.75) is 46.5 Å². The molecule has 0 spiro atoms. The Labute approximate surface area is 86.6 Å². The van der Waals surface area contributed by atoms with Gasteiger partial charge in [0, 0.05) is 6.61 Å². The average molecular weight is 217 g/mol. The zero-order valence-corrected chi connectivity index (χ0v) is 11.8. The Morgan fingerprint density at radius 2 is 1.85 bits per heavy atom. The van der Waals surface area contributed by atoms with E-state index in [1.807, 2.05) is 0 Å². The Kier molecular flexibility index (Phi) is 6.12. The first-order valence-corrected chi connectivity index (χ1v) is 9.60. The van der Waals surface area contributed by atoms with Gasteiger partial charge in [-0.1, -0.05) is 33.5 Å². The number of ether oxygens (including phenoxy) is 1. The van der Waals surface area contributed by atoms with Gasteiger partial charge < -0.3 is 8.97 Å². The van der Waals surface area contributed by atoms with Crippen LogP contribution >= 0.6 is 0 Å². The lowest BCUT2D eigenvalue weighted by Crippen LogP contribution is -2.53. The summed E-state index contributed by atoms with van der Waals surface area (Å²) in [5.41, 5.74) is 0. The van der Waals surface area contributed by atoms with Gasteiger partial charge in [-0.25, -0.2) is 0 Å². The first-order chi connectivity index (χ1) is 5.89. The zero-order chi connectivity index (χ0) is 10.5. The molecular weight excluding hydrogens is 194 g/mol. The van der Waals surface area contributed by atoms with Crippen molar-refractivity contribution >= 4 is 17.9 Å². The van der Waals surface area contributed by atoms with Crippen molar-refractivity contribution in [3.63, 3.8) is 0 Å². The second-order valence-corrected chi connectivity index (χ2v) is 10.8. The maximum absolute atomic E-state index is 5.40. The summed E-state index contributed by atoms with van der Waals surface area (Å²) in [4.78, 5) is 0. The first kappa shape index (κ1) is 13.4. The Balaban J connectivity index is 3.97. The normalized spacial score (nSPS) is 12.9. The predicted molar refractivity (Wildman–Crippen MR) is 62.6 cm³/mol. The molecule has 0 aromatic heterocycles. The van der Waals surface area contributed by atoms with Gasteiger partial charge in [0.25, 0.3) is 0 Å². The molecule has 0 aliphatic carbocycles. The molecule has 0 rings (SSSR count). The highest BCUT2D eigenvalue weighted by Gasteiger charge is 2.25. The second kappa shape index (κ2) is 5.95. The molecule has 0 amide bonds. The fourth-order valence-electron chi connectivity index (χ4n) is 1.41. The van der Waals surface area contributed by atoms with E-state index in [1.54, 1.807) is 0 Å². The van der Waals surface area contributed by atoms with Gasteiger partial charge in [-0.15, -0.1) is 0 Å². The molecule has 4 heteroatoms. The van der Waals surface area contributed by atoms with E-state index < -0.39 is 8.24 Å². The monoisotopic (exact) mass is 217 g/mol. The Morgan fingerprint density at radius 3 is 2.15 bits per heavy atom. The van der Waals surface area contributed by atoms with Gasteiger partial charge in [0.15, 0.2) is 9.68 Å². The molecule has 0 heterocycles. The Morgan fingerprint density at radius 1 is 1.31 bits per heavy atom. The summed E-state index contributed by atoms with van der Waals surface area (Å²) in [7, 11) is -0.299. The van der Waals surface area contributed by atoms with Crippen molar-refractivity contribution in [2.24, 2.45) is 0 Å². The van der Waals surface area contributed by atoms with Crippen LogP contribution in [0.15, 0.2) is 0 Å². The van der Waals surface area contributed by atoms with E-state index in [9.17, 15) is 0 Å². The average Bonchev–Trinajstić information content (AvgIpc) is 1.94. The lowest BCUT2D eigenvalue weighted by molar-refractivity contribution is 0.188. The summed E-state index contributed by atoms with van der Waals surface area (Å²) < 4.78 is 8.03. The molecule has 0 atom stereocenters. The number of rotatable bonds is 6. The van der Waals surface area contributed by atoms with Gasteiger partial charge in [0.1, 0.15) is 8.24 Å². The van der Waals surface area contributed by atoms with Crippen LogP contribution in [0, 0.1) is 0 Å². The summed E-state index contributed by atoms with van der Waals surface area (Å²) in [6.07, 6.45) is 0.902. The summed E-state index contributed by atoms with van der Waals surface area (Å²) in [6, 6.07) is 0.658. The van der Waals surface area contributed by atoms with Crippen LogP contribution in [0.2, 0.25) is 19.6 Å². The minimum Gasteiger partial charge on any atom is -0.384 e. The smallest absolute Gasteiger partial charge is 0.166 e. The van der Waals surface area contributed by atoms with Crippen LogP contribution in [0.5, 0.6) is 0 Å². The summed E-state index contributed by atoms with van der Waals surface area (Å²) >= 11 is 0. The third-order valence-electron chi connectivity index (χ3n) is 1.78. The van der Waals surface area contributed by atoms with E-state index in [-0.39, 0.29) is 0 Å². The fourth-order valence-corrected chi connectivity index (χ4v) is 5.85. The molecule has 0 aliphatic rings. The summed E-state index contributed by atoms with van der Waals surface area (Å²) in [6.45, 7) is 14.6. The van der Waals surface area contributed by atoms with Crippen molar-refractivity contribution in [3.8, 4) is 0 Å². The van der Waals surface area contributed by atoms with Gasteiger partial charge in [0.05, 0.1) is 6.23 Å². The summed E-state index contributed by atoms with van der Waals surface area (Å²) in [5, 5.41) is 0. The van der Waals surface area contributed by atoms with Crippen LogP contribution in [-0.4, -0.2) is 41.0 Å². The van der Waals surface area contributed by atoms with E-state index in [2.05, 4.69) is 44.6 Å². The molecule has 2 radical (unpaired) electrons. The molecule has 2 nitrogen and oxygen atoms in total. The predicted octanol–water partition coefficient (Wildman–Crippen LogP) is 2.14. The molecule has 0 aliphatic heterocycles. The molecule has 0 unspecified atom stereocenters. The third-order valence-corrected chi connectivity index (χ3v) is 7.42. The van der Waals surface area contributed by atoms with Crippen LogP contribution in [0.25, 0.3) is 0 Å². The van der Waals surface area contributed by atoms with E-state index in [0.29, 0.717) is 6.04 Å². The van der Waals surface area contributed by atoms with Crippen LogP contribution in [-0.2, 0) is 4.74 Å². The zero-order valence-electron chi connectivity index (χ0n) is 9.85. The SMILES string of the molecule is CCOC[Si]N(C(C)C)[Si](C)(C)C. The number of nitrogens with zero attached hydrogens (tertiary/aromatic N) is 1. The molecule has 13 heavy (non-hydrogen) atoms. The van der Waals surface area contributed by atoms with Gasteiger partial charge >= 0.3 is 0 Å². The van der Waals surface area contributed by atoms with E-state index in [0.717, 1.165) is 22.5 Å². The molecule has 0 aromatic carbocycles. The Bertz CT molecular complexity index is 134. The lowest BCUT2D eigenvalue weighted by Gasteiger charge is -2.37. The van der Waals surface area contributed by atoms with E-state index >= 15 is 0 Å². The minimum absolute atomic E-state index is 0.658. The summed E-state index contributed by atoms with van der Waals surface area (Å²) in [5.74, 6) is 0. The molecule has 0 saturated carbocycles. The highest BCUT2D eigenvalue weighted by atomic mass is 28.4.